The molecule has 104 heavy (non-hydrogen) atoms. The fraction of sp³-hybridized carbons (Fsp3) is 0.307. The molecular formula is C101H67NO2. The van der Waals surface area contributed by atoms with Crippen LogP contribution in [0.5, 0.6) is 11.5 Å². The Morgan fingerprint density at radius 2 is 0.538 bits per heavy atom. The van der Waals surface area contributed by atoms with Crippen molar-refractivity contribution in [1.29, 1.82) is 0 Å². The zero-order chi connectivity index (χ0) is 65.7. The second-order valence-electron chi connectivity index (χ2n) is 37.0. The van der Waals surface area contributed by atoms with Gasteiger partial charge in [0.1, 0.15) is 11.5 Å². The molecule has 0 N–H and O–H groups in total. The molecule has 1 aliphatic heterocycles. The van der Waals surface area contributed by atoms with E-state index in [0.717, 1.165) is 50.6 Å². The summed E-state index contributed by atoms with van der Waals surface area (Å²) in [4.78, 5) is 3.18. The van der Waals surface area contributed by atoms with Gasteiger partial charge in [-0.15, -0.1) is 0 Å². The maximum atomic E-state index is 7.13. The van der Waals surface area contributed by atoms with Crippen molar-refractivity contribution in [2.75, 3.05) is 19.8 Å². The van der Waals surface area contributed by atoms with Crippen LogP contribution in [0.3, 0.4) is 0 Å². The molecule has 1 heterocycles. The van der Waals surface area contributed by atoms with Crippen molar-refractivity contribution in [2.24, 2.45) is 0 Å². The van der Waals surface area contributed by atoms with Gasteiger partial charge in [-0.05, 0) is 369 Å². The van der Waals surface area contributed by atoms with Crippen molar-refractivity contribution in [2.45, 2.75) is 180 Å². The Hall–Kier alpha value is -9.54. The van der Waals surface area contributed by atoms with Crippen LogP contribution in [0.4, 0.5) is 0 Å². The first-order chi connectivity index (χ1) is 51.6. The molecule has 0 radical (unpaired) electrons. The van der Waals surface area contributed by atoms with Crippen molar-refractivity contribution in [3.63, 3.8) is 0 Å². The molecule has 4 aliphatic carbocycles. The number of benzene rings is 20. The minimum Gasteiger partial charge on any atom is -0.493 e. The summed E-state index contributed by atoms with van der Waals surface area (Å²) in [5.74, 6) is 1.98. The van der Waals surface area contributed by atoms with Gasteiger partial charge in [-0.25, -0.2) is 0 Å². The highest BCUT2D eigenvalue weighted by Crippen LogP contribution is 2.87. The summed E-state index contributed by atoms with van der Waals surface area (Å²) in [6.07, 6.45) is 26.4. The van der Waals surface area contributed by atoms with Crippen molar-refractivity contribution >= 4 is 291 Å². The largest absolute Gasteiger partial charge is 0.493 e. The van der Waals surface area contributed by atoms with E-state index in [-0.39, 0.29) is 6.04 Å². The van der Waals surface area contributed by atoms with Gasteiger partial charge in [0.25, 0.3) is 0 Å². The maximum absolute atomic E-state index is 7.13. The van der Waals surface area contributed by atoms with Gasteiger partial charge >= 0.3 is 0 Å². The SMILES string of the molecule is CCCCCCCCCCCCOc1cc(CN2CC34c5c6c7c8c9c%10c(c%11c%12c3c3c5c5c%13c6c6c7c7c9c9c%14c%10c%10c%11c%11c%12c%12c3c3c5c5c%13c%13c6c6c7c9c7c9c%14c%10c%10c%11c%11c%12c3c3c5c5c%13c6c7c6c9c%10c%11c3c56)C84C2c2cc(C)ccc2C)cc(OCCCCCCCCCCCC)c1. The monoisotopic (exact) mass is 1330 g/mol. The summed E-state index contributed by atoms with van der Waals surface area (Å²) >= 11 is 0. The third-order valence-corrected chi connectivity index (χ3v) is 33.4. The quantitative estimate of drug-likeness (QED) is 0.0378. The molecule has 1 saturated heterocycles. The van der Waals surface area contributed by atoms with Gasteiger partial charge in [-0.3, -0.25) is 4.90 Å². The molecule has 5 aliphatic rings. The molecule has 1 fully saturated rings. The Bertz CT molecular complexity index is 8290. The van der Waals surface area contributed by atoms with Crippen LogP contribution in [0.1, 0.15) is 193 Å². The van der Waals surface area contributed by atoms with Crippen molar-refractivity contribution in [3.8, 4) is 11.5 Å². The number of unbranched alkanes of at least 4 members (excludes halogenated alkanes) is 18. The standard InChI is InChI=1S/C101H67NO2/c1-5-7-9-11-13-15-17-19-21-23-27-103-38-30-37(31-39(32-38)104-28-24-22-20-18-16-14-12-10-8-6-2)33-102-34-100-95-87-79-69-59-51-43-41-42-45-49-47(43)55-63-57(49)67-61-53(45)54-46(42)50-48-44(41)52(51)60-66-56(48)64-58(50)68-62(54)72-71(61)83-77(67)85-75(63)81(73(79)65(55)59)89(95)91(85)97-93(83)94-84(72)78(68)86-76(64)82-74(66)80(70(60)69)88(87)96(100)90(82)92(86)98(94)101(97,100)99(102)40-29-35(3)25-26-36(40)4/h25-26,29-32,99H,5-24,27-28,33-34H2,1-4H3. The highest BCUT2D eigenvalue weighted by molar-refractivity contribution is 6.82. The van der Waals surface area contributed by atoms with E-state index in [4.69, 9.17) is 9.47 Å². The van der Waals surface area contributed by atoms with Gasteiger partial charge in [0.2, 0.25) is 0 Å². The second kappa shape index (κ2) is 14.8. The molecule has 3 nitrogen and oxygen atoms in total. The van der Waals surface area contributed by atoms with E-state index in [1.807, 2.05) is 0 Å². The third-order valence-electron chi connectivity index (χ3n) is 33.4. The Kier molecular flexibility index (Phi) is 7.22. The van der Waals surface area contributed by atoms with E-state index in [9.17, 15) is 0 Å². The summed E-state index contributed by atoms with van der Waals surface area (Å²) in [5, 5.41) is 89.9. The molecule has 0 saturated carbocycles. The molecule has 0 aromatic heterocycles. The highest BCUT2D eigenvalue weighted by atomic mass is 16.5. The van der Waals surface area contributed by atoms with Gasteiger partial charge in [0, 0.05) is 19.2 Å². The maximum Gasteiger partial charge on any atom is 0.123 e. The molecule has 3 heteroatoms. The van der Waals surface area contributed by atoms with Crippen LogP contribution < -0.4 is 9.47 Å². The average molecular weight is 1330 g/mol. The van der Waals surface area contributed by atoms with Crippen molar-refractivity contribution in [3.05, 3.63) is 80.9 Å². The summed E-state index contributed by atoms with van der Waals surface area (Å²) in [6, 6.07) is 15.0. The minimum absolute atomic E-state index is 0.0189. The van der Waals surface area contributed by atoms with Gasteiger partial charge in [-0.1, -0.05) is 153 Å². The van der Waals surface area contributed by atoms with Gasteiger partial charge in [-0.2, -0.15) is 0 Å². The predicted octanol–water partition coefficient (Wildman–Crippen LogP) is 28.8. The zero-order valence-electron chi connectivity index (χ0n) is 59.3. The Balaban J connectivity index is 0.691. The lowest BCUT2D eigenvalue weighted by atomic mass is 9.47. The van der Waals surface area contributed by atoms with Crippen molar-refractivity contribution < 1.29 is 9.47 Å². The molecule has 30 aromatic rings. The number of hydrogen-bond acceptors (Lipinski definition) is 3. The molecule has 35 rings (SSSR count). The van der Waals surface area contributed by atoms with Crippen LogP contribution in [0.2, 0.25) is 0 Å². The minimum atomic E-state index is -0.463. The fourth-order valence-electron chi connectivity index (χ4n) is 31.2. The number of ether oxygens (including phenoxy) is 2. The first-order valence-corrected chi connectivity index (χ1v) is 41.5. The molecule has 1 atom stereocenters. The Morgan fingerprint density at radius 1 is 0.288 bits per heavy atom. The first-order valence-electron chi connectivity index (χ1n) is 41.5. The summed E-state index contributed by atoms with van der Waals surface area (Å²) < 4.78 is 14.3. The van der Waals surface area contributed by atoms with Crippen LogP contribution >= 0.6 is 0 Å². The van der Waals surface area contributed by atoms with Crippen molar-refractivity contribution in [1.82, 2.24) is 4.90 Å². The normalized spacial score (nSPS) is 19.9. The summed E-state index contributed by atoms with van der Waals surface area (Å²) in [6.45, 7) is 12.9. The van der Waals surface area contributed by atoms with Gasteiger partial charge in [0.05, 0.1) is 30.1 Å². The number of nitrogens with zero attached hydrogens (tertiary/aromatic N) is 1. The highest BCUT2D eigenvalue weighted by Gasteiger charge is 2.76. The van der Waals surface area contributed by atoms with Crippen LogP contribution in [-0.4, -0.2) is 24.7 Å². The molecule has 0 bridgehead atoms. The Morgan fingerprint density at radius 3 is 0.817 bits per heavy atom. The molecule has 30 aromatic carbocycles. The van der Waals surface area contributed by atoms with Crippen LogP contribution in [0.15, 0.2) is 36.4 Å². The topological polar surface area (TPSA) is 21.7 Å². The van der Waals surface area contributed by atoms with E-state index in [1.165, 1.54) is 132 Å². The number of rotatable bonds is 27. The molecule has 1 unspecified atom stereocenters. The zero-order valence-corrected chi connectivity index (χ0v) is 59.3. The van der Waals surface area contributed by atoms with E-state index < -0.39 is 10.8 Å². The first kappa shape index (κ1) is 50.8. The molecule has 0 amide bonds. The Labute approximate surface area is 593 Å². The lowest BCUT2D eigenvalue weighted by Crippen LogP contribution is -2.52. The van der Waals surface area contributed by atoms with Crippen LogP contribution in [0.25, 0.3) is 291 Å². The second-order valence-corrected chi connectivity index (χ2v) is 37.0. The van der Waals surface area contributed by atoms with E-state index in [2.05, 4.69) is 69.0 Å². The lowest BCUT2D eigenvalue weighted by molar-refractivity contribution is 0.216. The van der Waals surface area contributed by atoms with E-state index in [0.29, 0.717) is 0 Å². The fourth-order valence-corrected chi connectivity index (χ4v) is 31.2. The number of aryl methyl sites for hydroxylation is 2. The van der Waals surface area contributed by atoms with Gasteiger partial charge in [0.15, 0.2) is 0 Å². The molecular weight excluding hydrogens is 1260 g/mol. The lowest BCUT2D eigenvalue weighted by Gasteiger charge is -2.52. The summed E-state index contributed by atoms with van der Waals surface area (Å²) in [7, 11) is 0. The summed E-state index contributed by atoms with van der Waals surface area (Å²) in [5.41, 5.74) is 11.9. The molecule has 2 spiro atoms. The number of hydrogen-bond donors (Lipinski definition) is 0. The predicted molar refractivity (Wildman–Crippen MR) is 444 cm³/mol. The number of likely N-dealkylation sites (tertiary alicyclic amines) is 1. The van der Waals surface area contributed by atoms with Gasteiger partial charge < -0.3 is 9.47 Å². The van der Waals surface area contributed by atoms with E-state index in [1.54, 1.807) is 319 Å². The average Bonchev–Trinajstić information content (AvgIpc) is 1.38. The molecule has 488 valence electrons. The van der Waals surface area contributed by atoms with Crippen LogP contribution in [-0.2, 0) is 17.4 Å². The van der Waals surface area contributed by atoms with Crippen LogP contribution in [0, 0.1) is 13.8 Å². The smallest absolute Gasteiger partial charge is 0.123 e. The van der Waals surface area contributed by atoms with E-state index >= 15 is 0 Å². The third kappa shape index (κ3) is 4.04.